The largest absolute Gasteiger partial charge is 0.377 e. The molecule has 1 aromatic carbocycles. The van der Waals surface area contributed by atoms with Crippen LogP contribution >= 0.6 is 23.4 Å². The number of thioether (sulfide) groups is 1. The molecule has 1 aromatic heterocycles. The topological polar surface area (TPSA) is 69.0 Å². The molecule has 4 rings (SSSR count). The van der Waals surface area contributed by atoms with Gasteiger partial charge in [0.05, 0.1) is 11.5 Å². The zero-order valence-corrected chi connectivity index (χ0v) is 18.3. The highest BCUT2D eigenvalue weighted by atomic mass is 35.5. The van der Waals surface area contributed by atoms with Crippen LogP contribution in [-0.4, -0.2) is 45.7 Å². The SMILES string of the molecule is Cn1c(CCNC(=O)C2(c3ccc(Cl)cc3)CCC2)nnc1SC[C@H]1CCCO1. The molecule has 1 saturated carbocycles. The molecule has 0 spiro atoms. The molecule has 0 radical (unpaired) electrons. The zero-order valence-electron chi connectivity index (χ0n) is 16.7. The maximum Gasteiger partial charge on any atom is 0.230 e. The van der Waals surface area contributed by atoms with Crippen LogP contribution in [0.1, 0.15) is 43.5 Å². The van der Waals surface area contributed by atoms with Crippen molar-refractivity contribution in [2.45, 2.75) is 55.2 Å². The number of nitrogens with zero attached hydrogens (tertiary/aromatic N) is 3. The summed E-state index contributed by atoms with van der Waals surface area (Å²) in [6, 6.07) is 7.67. The van der Waals surface area contributed by atoms with Crippen LogP contribution in [0.2, 0.25) is 5.02 Å². The van der Waals surface area contributed by atoms with E-state index in [1.807, 2.05) is 35.9 Å². The average molecular weight is 435 g/mol. The third-order valence-electron chi connectivity index (χ3n) is 6.02. The van der Waals surface area contributed by atoms with E-state index in [4.69, 9.17) is 16.3 Å². The summed E-state index contributed by atoms with van der Waals surface area (Å²) in [5, 5.41) is 13.3. The molecule has 1 aliphatic carbocycles. The van der Waals surface area contributed by atoms with Crippen LogP contribution < -0.4 is 5.32 Å². The summed E-state index contributed by atoms with van der Waals surface area (Å²) >= 11 is 7.69. The van der Waals surface area contributed by atoms with Gasteiger partial charge in [-0.25, -0.2) is 0 Å². The van der Waals surface area contributed by atoms with Crippen molar-refractivity contribution in [3.05, 3.63) is 40.7 Å². The van der Waals surface area contributed by atoms with E-state index in [1.54, 1.807) is 11.8 Å². The van der Waals surface area contributed by atoms with Gasteiger partial charge in [-0.2, -0.15) is 0 Å². The van der Waals surface area contributed by atoms with E-state index < -0.39 is 5.41 Å². The van der Waals surface area contributed by atoms with Gasteiger partial charge in [-0.1, -0.05) is 41.9 Å². The molecule has 2 aromatic rings. The van der Waals surface area contributed by atoms with Crippen molar-refractivity contribution in [3.63, 3.8) is 0 Å². The first-order valence-electron chi connectivity index (χ1n) is 10.3. The van der Waals surface area contributed by atoms with Gasteiger partial charge in [-0.15, -0.1) is 10.2 Å². The van der Waals surface area contributed by atoms with Crippen LogP contribution in [-0.2, 0) is 28.4 Å². The molecule has 1 saturated heterocycles. The summed E-state index contributed by atoms with van der Waals surface area (Å²) in [6.07, 6.45) is 6.09. The molecule has 29 heavy (non-hydrogen) atoms. The van der Waals surface area contributed by atoms with E-state index in [0.29, 0.717) is 24.1 Å². The van der Waals surface area contributed by atoms with Crippen molar-refractivity contribution >= 4 is 29.3 Å². The van der Waals surface area contributed by atoms with Gasteiger partial charge in [0.2, 0.25) is 5.91 Å². The molecule has 2 fully saturated rings. The van der Waals surface area contributed by atoms with Crippen LogP contribution in [0.15, 0.2) is 29.4 Å². The van der Waals surface area contributed by atoms with E-state index >= 15 is 0 Å². The lowest BCUT2D eigenvalue weighted by Gasteiger charge is -2.40. The Morgan fingerprint density at radius 3 is 2.76 bits per heavy atom. The minimum absolute atomic E-state index is 0.0984. The molecule has 1 amide bonds. The number of rotatable bonds is 8. The Balaban J connectivity index is 1.30. The van der Waals surface area contributed by atoms with Crippen LogP contribution in [0.5, 0.6) is 0 Å². The molecular formula is C21H27ClN4O2S. The van der Waals surface area contributed by atoms with E-state index in [0.717, 1.165) is 61.0 Å². The lowest BCUT2D eigenvalue weighted by Crippen LogP contribution is -2.49. The van der Waals surface area contributed by atoms with Gasteiger partial charge in [0, 0.05) is 37.4 Å². The number of amides is 1. The normalized spacial score (nSPS) is 20.4. The maximum atomic E-state index is 13.0. The van der Waals surface area contributed by atoms with Crippen molar-refractivity contribution in [1.82, 2.24) is 20.1 Å². The first-order chi connectivity index (χ1) is 14.1. The lowest BCUT2D eigenvalue weighted by molar-refractivity contribution is -0.129. The smallest absolute Gasteiger partial charge is 0.230 e. The summed E-state index contributed by atoms with van der Waals surface area (Å²) in [6.45, 7) is 1.42. The number of hydrogen-bond donors (Lipinski definition) is 1. The molecule has 1 N–H and O–H groups in total. The number of hydrogen-bond acceptors (Lipinski definition) is 5. The molecule has 1 atom stereocenters. The fourth-order valence-electron chi connectivity index (χ4n) is 4.03. The monoisotopic (exact) mass is 434 g/mol. The minimum atomic E-state index is -0.410. The number of carbonyl (C=O) groups excluding carboxylic acids is 1. The van der Waals surface area contributed by atoms with E-state index in [1.165, 1.54) is 0 Å². The summed E-state index contributed by atoms with van der Waals surface area (Å²) < 4.78 is 7.69. The third-order valence-corrected chi connectivity index (χ3v) is 7.42. The van der Waals surface area contributed by atoms with Crippen molar-refractivity contribution in [3.8, 4) is 0 Å². The quantitative estimate of drug-likeness (QED) is 0.644. The van der Waals surface area contributed by atoms with Gasteiger partial charge < -0.3 is 14.6 Å². The predicted molar refractivity (Wildman–Crippen MR) is 114 cm³/mol. The first-order valence-corrected chi connectivity index (χ1v) is 11.6. The molecule has 2 heterocycles. The van der Waals surface area contributed by atoms with Gasteiger partial charge in [-0.05, 0) is 43.4 Å². The first kappa shape index (κ1) is 20.7. The molecule has 2 aliphatic rings. The number of benzene rings is 1. The standard InChI is InChI=1S/C21H27ClN4O2S/c1-26-18(24-25-20(26)29-14-17-4-2-13-28-17)9-12-23-19(27)21(10-3-11-21)15-5-7-16(22)8-6-15/h5-8,17H,2-4,9-14H2,1H3,(H,23,27)/t17-/m1/s1. The van der Waals surface area contributed by atoms with Gasteiger partial charge in [0.15, 0.2) is 5.16 Å². The van der Waals surface area contributed by atoms with Gasteiger partial charge >= 0.3 is 0 Å². The van der Waals surface area contributed by atoms with Crippen molar-refractivity contribution in [1.29, 1.82) is 0 Å². The van der Waals surface area contributed by atoms with Crippen molar-refractivity contribution in [2.24, 2.45) is 7.05 Å². The average Bonchev–Trinajstić information content (AvgIpc) is 3.31. The zero-order chi connectivity index (χ0) is 20.3. The molecule has 0 bridgehead atoms. The fraction of sp³-hybridized carbons (Fsp3) is 0.571. The Kier molecular flexibility index (Phi) is 6.47. The van der Waals surface area contributed by atoms with Gasteiger partial charge in [0.1, 0.15) is 5.82 Å². The van der Waals surface area contributed by atoms with Crippen LogP contribution in [0.4, 0.5) is 0 Å². The Morgan fingerprint density at radius 1 is 1.31 bits per heavy atom. The van der Waals surface area contributed by atoms with Crippen molar-refractivity contribution < 1.29 is 9.53 Å². The predicted octanol–water partition coefficient (Wildman–Crippen LogP) is 3.52. The molecule has 1 aliphatic heterocycles. The fourth-order valence-corrected chi connectivity index (χ4v) is 5.16. The minimum Gasteiger partial charge on any atom is -0.377 e. The number of ether oxygens (including phenoxy) is 1. The van der Waals surface area contributed by atoms with Crippen molar-refractivity contribution in [2.75, 3.05) is 18.9 Å². The second kappa shape index (κ2) is 9.06. The van der Waals surface area contributed by atoms with E-state index in [-0.39, 0.29) is 5.91 Å². The summed E-state index contributed by atoms with van der Waals surface area (Å²) in [4.78, 5) is 13.0. The second-order valence-electron chi connectivity index (χ2n) is 7.85. The highest BCUT2D eigenvalue weighted by molar-refractivity contribution is 7.99. The Labute approximate surface area is 180 Å². The third kappa shape index (κ3) is 4.47. The highest BCUT2D eigenvalue weighted by Crippen LogP contribution is 2.44. The molecule has 8 heteroatoms. The second-order valence-corrected chi connectivity index (χ2v) is 9.28. The van der Waals surface area contributed by atoms with Crippen LogP contribution in [0, 0.1) is 0 Å². The molecular weight excluding hydrogens is 408 g/mol. The molecule has 6 nitrogen and oxygen atoms in total. The highest BCUT2D eigenvalue weighted by Gasteiger charge is 2.45. The van der Waals surface area contributed by atoms with Gasteiger partial charge in [0.25, 0.3) is 0 Å². The lowest BCUT2D eigenvalue weighted by atomic mass is 9.64. The summed E-state index contributed by atoms with van der Waals surface area (Å²) in [5.74, 6) is 1.89. The molecule has 156 valence electrons. The maximum absolute atomic E-state index is 13.0. The van der Waals surface area contributed by atoms with E-state index in [9.17, 15) is 4.79 Å². The summed E-state index contributed by atoms with van der Waals surface area (Å²) in [7, 11) is 1.98. The Hall–Kier alpha value is -1.57. The summed E-state index contributed by atoms with van der Waals surface area (Å²) in [5.41, 5.74) is 0.643. The number of aromatic nitrogens is 3. The van der Waals surface area contributed by atoms with Crippen LogP contribution in [0.3, 0.4) is 0 Å². The molecule has 0 unspecified atom stereocenters. The Morgan fingerprint density at radius 2 is 2.10 bits per heavy atom. The van der Waals surface area contributed by atoms with Gasteiger partial charge in [-0.3, -0.25) is 4.79 Å². The number of carbonyl (C=O) groups is 1. The number of halogens is 1. The number of nitrogens with one attached hydrogen (secondary N) is 1. The Bertz CT molecular complexity index is 845. The van der Waals surface area contributed by atoms with E-state index in [2.05, 4.69) is 15.5 Å². The van der Waals surface area contributed by atoms with Crippen LogP contribution in [0.25, 0.3) is 0 Å².